The number of nitrogens with zero attached hydrogens (tertiary/aromatic N) is 1. The molecule has 0 fully saturated rings. The molecule has 3 N–H and O–H groups in total. The van der Waals surface area contributed by atoms with Crippen LogP contribution in [0.15, 0.2) is 54.6 Å². The van der Waals surface area contributed by atoms with Crippen molar-refractivity contribution in [2.45, 2.75) is 25.6 Å². The maximum absolute atomic E-state index is 12.2. The maximum atomic E-state index is 12.2. The summed E-state index contributed by atoms with van der Waals surface area (Å²) in [6.45, 7) is 2.24. The summed E-state index contributed by atoms with van der Waals surface area (Å²) < 4.78 is 0. The Morgan fingerprint density at radius 2 is 1.65 bits per heavy atom. The van der Waals surface area contributed by atoms with Crippen LogP contribution >= 0.6 is 0 Å². The lowest BCUT2D eigenvalue weighted by Crippen LogP contribution is -2.46. The Bertz CT molecular complexity index is 759. The summed E-state index contributed by atoms with van der Waals surface area (Å²) in [5.41, 5.74) is 0.612. The Hall–Kier alpha value is -2.70. The van der Waals surface area contributed by atoms with Crippen molar-refractivity contribution in [3.8, 4) is 0 Å². The highest BCUT2D eigenvalue weighted by atomic mass is 16.4. The average molecular weight is 356 g/mol. The van der Waals surface area contributed by atoms with Crippen molar-refractivity contribution in [2.75, 3.05) is 13.6 Å². The van der Waals surface area contributed by atoms with E-state index in [2.05, 4.69) is 22.3 Å². The van der Waals surface area contributed by atoms with Crippen LogP contribution < -0.4 is 5.32 Å². The zero-order chi connectivity index (χ0) is 19.2. The van der Waals surface area contributed by atoms with Crippen LogP contribution in [0.4, 0.5) is 0 Å². The van der Waals surface area contributed by atoms with Crippen LogP contribution in [0.1, 0.15) is 28.4 Å². The number of carboxylic acid groups (broad SMARTS) is 1. The Balaban J connectivity index is 1.96. The van der Waals surface area contributed by atoms with Gasteiger partial charge in [-0.15, -0.1) is 0 Å². The SMILES string of the molecule is CN(Cc1ccccc1)Cc1cccc(C(=O)NCC(C)(O)C(=O)O)c1. The van der Waals surface area contributed by atoms with Gasteiger partial charge in [0, 0.05) is 18.7 Å². The summed E-state index contributed by atoms with van der Waals surface area (Å²) in [7, 11) is 2.00. The maximum Gasteiger partial charge on any atom is 0.337 e. The van der Waals surface area contributed by atoms with Gasteiger partial charge in [0.05, 0.1) is 6.54 Å². The van der Waals surface area contributed by atoms with E-state index < -0.39 is 17.5 Å². The molecular formula is C20H24N2O4. The molecule has 0 aromatic heterocycles. The number of hydrogen-bond donors (Lipinski definition) is 3. The first-order valence-electron chi connectivity index (χ1n) is 8.33. The van der Waals surface area contributed by atoms with E-state index in [1.807, 2.05) is 31.3 Å². The number of carbonyl (C=O) groups excluding carboxylic acids is 1. The van der Waals surface area contributed by atoms with E-state index >= 15 is 0 Å². The predicted octanol–water partition coefficient (Wildman–Crippen LogP) is 1.88. The molecule has 6 heteroatoms. The summed E-state index contributed by atoms with van der Waals surface area (Å²) in [5, 5.41) is 21.0. The highest BCUT2D eigenvalue weighted by Gasteiger charge is 2.30. The van der Waals surface area contributed by atoms with E-state index in [-0.39, 0.29) is 6.54 Å². The molecule has 2 aromatic rings. The predicted molar refractivity (Wildman–Crippen MR) is 98.6 cm³/mol. The number of aliphatic hydroxyl groups is 1. The molecule has 6 nitrogen and oxygen atoms in total. The zero-order valence-electron chi connectivity index (χ0n) is 15.0. The lowest BCUT2D eigenvalue weighted by molar-refractivity contribution is -0.155. The normalized spacial score (nSPS) is 13.2. The molecule has 0 aliphatic carbocycles. The van der Waals surface area contributed by atoms with Gasteiger partial charge in [-0.05, 0) is 37.2 Å². The summed E-state index contributed by atoms with van der Waals surface area (Å²) in [5.74, 6) is -1.80. The number of carbonyl (C=O) groups is 2. The van der Waals surface area contributed by atoms with Gasteiger partial charge in [-0.1, -0.05) is 42.5 Å². The molecule has 1 amide bonds. The van der Waals surface area contributed by atoms with Crippen LogP contribution in [-0.2, 0) is 17.9 Å². The van der Waals surface area contributed by atoms with Crippen LogP contribution in [0.2, 0.25) is 0 Å². The Morgan fingerprint density at radius 3 is 2.31 bits per heavy atom. The zero-order valence-corrected chi connectivity index (χ0v) is 15.0. The van der Waals surface area contributed by atoms with Gasteiger partial charge in [-0.2, -0.15) is 0 Å². The average Bonchev–Trinajstić information content (AvgIpc) is 2.60. The number of rotatable bonds is 8. The molecule has 2 aromatic carbocycles. The van der Waals surface area contributed by atoms with Crippen LogP contribution in [0.5, 0.6) is 0 Å². The van der Waals surface area contributed by atoms with E-state index in [0.717, 1.165) is 19.0 Å². The van der Waals surface area contributed by atoms with Crippen molar-refractivity contribution in [1.29, 1.82) is 0 Å². The number of benzene rings is 2. The van der Waals surface area contributed by atoms with E-state index in [1.165, 1.54) is 5.56 Å². The molecule has 0 aliphatic rings. The van der Waals surface area contributed by atoms with Gasteiger partial charge in [0.2, 0.25) is 0 Å². The number of carboxylic acids is 1. The minimum Gasteiger partial charge on any atom is -0.479 e. The second kappa shape index (κ2) is 8.60. The quantitative estimate of drug-likeness (QED) is 0.672. The van der Waals surface area contributed by atoms with Crippen molar-refractivity contribution >= 4 is 11.9 Å². The van der Waals surface area contributed by atoms with Crippen molar-refractivity contribution in [3.05, 3.63) is 71.3 Å². The van der Waals surface area contributed by atoms with Gasteiger partial charge < -0.3 is 15.5 Å². The number of nitrogens with one attached hydrogen (secondary N) is 1. The molecule has 0 bridgehead atoms. The third-order valence-corrected chi connectivity index (χ3v) is 3.99. The summed E-state index contributed by atoms with van der Waals surface area (Å²) >= 11 is 0. The molecule has 138 valence electrons. The van der Waals surface area contributed by atoms with Crippen molar-refractivity contribution < 1.29 is 19.8 Å². The standard InChI is InChI=1S/C20H24N2O4/c1-20(26,19(24)25)14-21-18(23)17-10-6-9-16(11-17)13-22(2)12-15-7-4-3-5-8-15/h3-11,26H,12-14H2,1-2H3,(H,21,23)(H,24,25). The van der Waals surface area contributed by atoms with Crippen LogP contribution in [-0.4, -0.2) is 46.2 Å². The Kier molecular flexibility index (Phi) is 6.49. The molecule has 2 rings (SSSR count). The first kappa shape index (κ1) is 19.6. The van der Waals surface area contributed by atoms with Gasteiger partial charge in [0.15, 0.2) is 5.60 Å². The highest BCUT2D eigenvalue weighted by molar-refractivity contribution is 5.94. The monoisotopic (exact) mass is 356 g/mol. The molecule has 0 aliphatic heterocycles. The topological polar surface area (TPSA) is 89.9 Å². The van der Waals surface area contributed by atoms with E-state index in [0.29, 0.717) is 12.1 Å². The minimum atomic E-state index is -2.00. The van der Waals surface area contributed by atoms with E-state index in [4.69, 9.17) is 5.11 Å². The van der Waals surface area contributed by atoms with Crippen molar-refractivity contribution in [2.24, 2.45) is 0 Å². The van der Waals surface area contributed by atoms with Crippen LogP contribution in [0, 0.1) is 0 Å². The molecule has 0 spiro atoms. The van der Waals surface area contributed by atoms with Gasteiger partial charge in [0.1, 0.15) is 0 Å². The first-order valence-corrected chi connectivity index (χ1v) is 8.33. The Morgan fingerprint density at radius 1 is 1.04 bits per heavy atom. The van der Waals surface area contributed by atoms with Crippen LogP contribution in [0.3, 0.4) is 0 Å². The molecule has 0 radical (unpaired) electrons. The molecule has 0 heterocycles. The molecule has 26 heavy (non-hydrogen) atoms. The van der Waals surface area contributed by atoms with Crippen LogP contribution in [0.25, 0.3) is 0 Å². The van der Waals surface area contributed by atoms with Gasteiger partial charge in [-0.25, -0.2) is 4.79 Å². The first-order chi connectivity index (χ1) is 12.3. The lowest BCUT2D eigenvalue weighted by atomic mass is 10.1. The van der Waals surface area contributed by atoms with Crippen molar-refractivity contribution in [3.63, 3.8) is 0 Å². The fourth-order valence-electron chi connectivity index (χ4n) is 2.50. The molecular weight excluding hydrogens is 332 g/mol. The molecule has 0 saturated carbocycles. The van der Waals surface area contributed by atoms with Gasteiger partial charge in [0.25, 0.3) is 5.91 Å². The van der Waals surface area contributed by atoms with Crippen molar-refractivity contribution in [1.82, 2.24) is 10.2 Å². The smallest absolute Gasteiger partial charge is 0.337 e. The van der Waals surface area contributed by atoms with Gasteiger partial charge >= 0.3 is 5.97 Å². The summed E-state index contributed by atoms with van der Waals surface area (Å²) in [6.07, 6.45) is 0. The Labute approximate surface area is 153 Å². The van der Waals surface area contributed by atoms with Gasteiger partial charge in [-0.3, -0.25) is 9.69 Å². The second-order valence-corrected chi connectivity index (χ2v) is 6.62. The van der Waals surface area contributed by atoms with E-state index in [1.54, 1.807) is 18.2 Å². The summed E-state index contributed by atoms with van der Waals surface area (Å²) in [6, 6.07) is 17.3. The lowest BCUT2D eigenvalue weighted by Gasteiger charge is -2.19. The fourth-order valence-corrected chi connectivity index (χ4v) is 2.50. The largest absolute Gasteiger partial charge is 0.479 e. The molecule has 0 saturated heterocycles. The molecule has 1 atom stereocenters. The molecule has 1 unspecified atom stereocenters. The second-order valence-electron chi connectivity index (χ2n) is 6.62. The number of hydrogen-bond acceptors (Lipinski definition) is 4. The third-order valence-electron chi connectivity index (χ3n) is 3.99. The van der Waals surface area contributed by atoms with E-state index in [9.17, 15) is 14.7 Å². The number of amides is 1. The minimum absolute atomic E-state index is 0.362. The highest BCUT2D eigenvalue weighted by Crippen LogP contribution is 2.11. The fraction of sp³-hybridized carbons (Fsp3) is 0.300. The third kappa shape index (κ3) is 5.68. The number of aliphatic carboxylic acids is 1. The summed E-state index contributed by atoms with van der Waals surface area (Å²) in [4.78, 5) is 25.2.